The standard InChI is InChI=1S/C22H32N3/c1-18(2)23(19(3)4)17-24(20(5)6)25(21-13-9-7-10-14-21)22-15-11-8-12-16-22/h7-20H,1-6H3/q+1. The first-order valence-corrected chi connectivity index (χ1v) is 9.22. The fraction of sp³-hybridized carbons (Fsp3) is 0.409. The van der Waals surface area contributed by atoms with Gasteiger partial charge in [0.05, 0.1) is 23.5 Å². The summed E-state index contributed by atoms with van der Waals surface area (Å²) >= 11 is 0. The van der Waals surface area contributed by atoms with Gasteiger partial charge in [-0.05, 0) is 65.8 Å². The third-order valence-corrected chi connectivity index (χ3v) is 4.21. The minimum atomic E-state index is 0.320. The third kappa shape index (κ3) is 4.85. The fourth-order valence-corrected chi connectivity index (χ4v) is 2.97. The van der Waals surface area contributed by atoms with Crippen LogP contribution < -0.4 is 5.01 Å². The lowest BCUT2D eigenvalue weighted by Crippen LogP contribution is -2.47. The topological polar surface area (TPSA) is 9.49 Å². The van der Waals surface area contributed by atoms with Crippen LogP contribution in [-0.4, -0.2) is 34.0 Å². The average molecular weight is 339 g/mol. The van der Waals surface area contributed by atoms with Crippen molar-refractivity contribution in [3.8, 4) is 0 Å². The molecule has 0 spiro atoms. The smallest absolute Gasteiger partial charge is 0.258 e. The molecular formula is C22H32N3+. The molecule has 0 amide bonds. The molecule has 0 aromatic heterocycles. The Morgan fingerprint density at radius 2 is 1.08 bits per heavy atom. The summed E-state index contributed by atoms with van der Waals surface area (Å²) in [4.78, 5) is 0. The van der Waals surface area contributed by atoms with Crippen LogP contribution >= 0.6 is 0 Å². The molecule has 0 saturated carbocycles. The maximum absolute atomic E-state index is 2.40. The first-order valence-electron chi connectivity index (χ1n) is 9.22. The molecule has 0 atom stereocenters. The fourth-order valence-electron chi connectivity index (χ4n) is 2.97. The molecule has 0 heterocycles. The lowest BCUT2D eigenvalue weighted by Gasteiger charge is -2.33. The van der Waals surface area contributed by atoms with Crippen molar-refractivity contribution >= 4 is 17.7 Å². The molecule has 2 rings (SSSR count). The van der Waals surface area contributed by atoms with Crippen LogP contribution in [0.4, 0.5) is 11.4 Å². The molecular weight excluding hydrogens is 306 g/mol. The monoisotopic (exact) mass is 338 g/mol. The lowest BCUT2D eigenvalue weighted by molar-refractivity contribution is -0.587. The summed E-state index contributed by atoms with van der Waals surface area (Å²) in [5.41, 5.74) is 2.32. The highest BCUT2D eigenvalue weighted by Crippen LogP contribution is 2.27. The zero-order valence-electron chi connectivity index (χ0n) is 16.4. The normalized spacial score (nSPS) is 11.1. The summed E-state index contributed by atoms with van der Waals surface area (Å²) in [6.45, 7) is 13.4. The Morgan fingerprint density at radius 3 is 1.40 bits per heavy atom. The van der Waals surface area contributed by atoms with Gasteiger partial charge in [0.1, 0.15) is 6.04 Å². The molecule has 0 aliphatic carbocycles. The van der Waals surface area contributed by atoms with Gasteiger partial charge in [0, 0.05) is 0 Å². The number of benzene rings is 2. The molecule has 3 heteroatoms. The number of hydrogen-bond donors (Lipinski definition) is 0. The van der Waals surface area contributed by atoms with E-state index in [1.54, 1.807) is 0 Å². The van der Waals surface area contributed by atoms with Gasteiger partial charge in [-0.1, -0.05) is 36.4 Å². The van der Waals surface area contributed by atoms with Crippen molar-refractivity contribution in [2.24, 2.45) is 0 Å². The highest BCUT2D eigenvalue weighted by Gasteiger charge is 2.27. The van der Waals surface area contributed by atoms with Crippen LogP contribution in [0.5, 0.6) is 0 Å². The van der Waals surface area contributed by atoms with Gasteiger partial charge in [-0.2, -0.15) is 10.0 Å². The third-order valence-electron chi connectivity index (χ3n) is 4.21. The molecule has 0 fully saturated rings. The predicted octanol–water partition coefficient (Wildman–Crippen LogP) is 5.31. The maximum Gasteiger partial charge on any atom is 0.258 e. The van der Waals surface area contributed by atoms with Crippen LogP contribution in [-0.2, 0) is 0 Å². The van der Waals surface area contributed by atoms with Crippen molar-refractivity contribution in [2.45, 2.75) is 59.7 Å². The maximum atomic E-state index is 2.40. The summed E-state index contributed by atoms with van der Waals surface area (Å²) in [5, 5.41) is 4.62. The Balaban J connectivity index is 2.58. The Morgan fingerprint density at radius 1 is 0.680 bits per heavy atom. The van der Waals surface area contributed by atoms with E-state index in [4.69, 9.17) is 0 Å². The average Bonchev–Trinajstić information content (AvgIpc) is 2.59. The van der Waals surface area contributed by atoms with Gasteiger partial charge in [0.15, 0.2) is 0 Å². The molecule has 0 aliphatic heterocycles. The van der Waals surface area contributed by atoms with E-state index in [1.165, 1.54) is 0 Å². The molecule has 0 aliphatic rings. The van der Waals surface area contributed by atoms with E-state index in [1.807, 2.05) is 0 Å². The van der Waals surface area contributed by atoms with Gasteiger partial charge in [-0.3, -0.25) is 4.58 Å². The second-order valence-electron chi connectivity index (χ2n) is 7.21. The Hall–Kier alpha value is -2.29. The summed E-state index contributed by atoms with van der Waals surface area (Å²) in [6.07, 6.45) is 2.26. The molecule has 0 saturated heterocycles. The van der Waals surface area contributed by atoms with Gasteiger partial charge in [0.2, 0.25) is 0 Å². The highest BCUT2D eigenvalue weighted by atomic mass is 15.6. The number of nitrogens with zero attached hydrogens (tertiary/aromatic N) is 3. The van der Waals surface area contributed by atoms with E-state index in [0.29, 0.717) is 18.1 Å². The minimum absolute atomic E-state index is 0.320. The summed E-state index contributed by atoms with van der Waals surface area (Å²) in [5.74, 6) is 0. The summed E-state index contributed by atoms with van der Waals surface area (Å²) in [6, 6.07) is 22.3. The van der Waals surface area contributed by atoms with Crippen molar-refractivity contribution in [3.63, 3.8) is 0 Å². The zero-order valence-corrected chi connectivity index (χ0v) is 16.4. The summed E-state index contributed by atoms with van der Waals surface area (Å²) < 4.78 is 2.40. The predicted molar refractivity (Wildman–Crippen MR) is 109 cm³/mol. The Kier molecular flexibility index (Phi) is 6.63. The first-order chi connectivity index (χ1) is 11.9. The van der Waals surface area contributed by atoms with E-state index in [0.717, 1.165) is 11.4 Å². The molecule has 0 N–H and O–H groups in total. The molecule has 2 aromatic carbocycles. The van der Waals surface area contributed by atoms with Crippen molar-refractivity contribution in [1.29, 1.82) is 0 Å². The second kappa shape index (κ2) is 8.70. The van der Waals surface area contributed by atoms with Crippen LogP contribution in [0.1, 0.15) is 41.5 Å². The van der Waals surface area contributed by atoms with Crippen molar-refractivity contribution in [3.05, 3.63) is 60.7 Å². The van der Waals surface area contributed by atoms with Crippen LogP contribution in [0.25, 0.3) is 0 Å². The molecule has 0 unspecified atom stereocenters. The molecule has 25 heavy (non-hydrogen) atoms. The minimum Gasteiger partial charge on any atom is -0.262 e. The van der Waals surface area contributed by atoms with Gasteiger partial charge < -0.3 is 0 Å². The number of hydrazine groups is 1. The zero-order chi connectivity index (χ0) is 18.4. The van der Waals surface area contributed by atoms with E-state index >= 15 is 0 Å². The molecule has 2 aromatic rings. The Labute approximate surface area is 153 Å². The quantitative estimate of drug-likeness (QED) is 0.293. The first kappa shape index (κ1) is 19.0. The van der Waals surface area contributed by atoms with Gasteiger partial charge >= 0.3 is 0 Å². The lowest BCUT2D eigenvalue weighted by atomic mass is 10.2. The molecule has 3 nitrogen and oxygen atoms in total. The molecule has 134 valence electrons. The van der Waals surface area contributed by atoms with Crippen molar-refractivity contribution < 1.29 is 4.58 Å². The molecule has 0 bridgehead atoms. The number of rotatable bonds is 7. The van der Waals surface area contributed by atoms with Crippen LogP contribution in [0.2, 0.25) is 0 Å². The van der Waals surface area contributed by atoms with Crippen molar-refractivity contribution in [2.75, 3.05) is 5.01 Å². The van der Waals surface area contributed by atoms with Crippen LogP contribution in [0, 0.1) is 0 Å². The van der Waals surface area contributed by atoms with Gasteiger partial charge in [-0.15, -0.1) is 0 Å². The van der Waals surface area contributed by atoms with E-state index in [9.17, 15) is 0 Å². The number of hydrogen-bond acceptors (Lipinski definition) is 1. The summed E-state index contributed by atoms with van der Waals surface area (Å²) in [7, 11) is 0. The SMILES string of the molecule is CC(C)N(C=[N+](C(C)C)C(C)C)N(c1ccccc1)c1ccccc1. The van der Waals surface area contributed by atoms with Crippen LogP contribution in [0.3, 0.4) is 0 Å². The van der Waals surface area contributed by atoms with Crippen molar-refractivity contribution in [1.82, 2.24) is 5.01 Å². The Bertz CT molecular complexity index is 611. The number of para-hydroxylation sites is 2. The number of anilines is 2. The van der Waals surface area contributed by atoms with E-state index in [2.05, 4.69) is 123 Å². The van der Waals surface area contributed by atoms with E-state index < -0.39 is 0 Å². The van der Waals surface area contributed by atoms with Crippen LogP contribution in [0.15, 0.2) is 60.7 Å². The van der Waals surface area contributed by atoms with Gasteiger partial charge in [-0.25, -0.2) is 0 Å². The largest absolute Gasteiger partial charge is 0.262 e. The second-order valence-corrected chi connectivity index (χ2v) is 7.21. The molecule has 0 radical (unpaired) electrons. The van der Waals surface area contributed by atoms with E-state index in [-0.39, 0.29) is 0 Å². The van der Waals surface area contributed by atoms with Gasteiger partial charge in [0.25, 0.3) is 6.34 Å². The highest BCUT2D eigenvalue weighted by molar-refractivity contribution is 5.67.